The third kappa shape index (κ3) is 16.5. The number of guanidine groups is 4. The van der Waals surface area contributed by atoms with Gasteiger partial charge in [-0.25, -0.2) is 20.0 Å². The van der Waals surface area contributed by atoms with Crippen molar-refractivity contribution in [1.82, 2.24) is 31.9 Å². The Labute approximate surface area is 353 Å². The first-order valence-electron chi connectivity index (χ1n) is 17.2. The lowest BCUT2D eigenvalue weighted by molar-refractivity contribution is -0.385. The van der Waals surface area contributed by atoms with Crippen LogP contribution in [0.3, 0.4) is 0 Å². The Morgan fingerprint density at radius 1 is 0.556 bits per heavy atom. The topological polar surface area (TPSA) is 577 Å². The summed E-state index contributed by atoms with van der Waals surface area (Å²) in [6.07, 6.45) is -11.7. The smallest absolute Gasteiger partial charge is 0.278 e. The number of hydrogen-bond acceptors (Lipinski definition) is 16. The van der Waals surface area contributed by atoms with E-state index in [-0.39, 0.29) is 16.8 Å². The summed E-state index contributed by atoms with van der Waals surface area (Å²) in [5, 5.41) is 34.1. The van der Waals surface area contributed by atoms with Gasteiger partial charge in [0.2, 0.25) is 36.8 Å². The number of nitrogens with zero attached hydrogens (tertiary/aromatic N) is 6. The number of hydrogen-bond donors (Lipinski definition) is 17. The molecule has 63 heavy (non-hydrogen) atoms. The number of carbonyl (C=O) groups excluding carboxylic acids is 7. The third-order valence-corrected chi connectivity index (χ3v) is 7.23. The summed E-state index contributed by atoms with van der Waals surface area (Å²) >= 11 is 0. The fraction of sp³-hybridized carbons (Fsp3) is 0.226. The Kier molecular flexibility index (Phi) is 18.6. The van der Waals surface area contributed by atoms with Crippen molar-refractivity contribution in [2.45, 2.75) is 43.1 Å². The summed E-state index contributed by atoms with van der Waals surface area (Å²) in [6, 6.07) is 10.8. The van der Waals surface area contributed by atoms with Crippen LogP contribution in [0, 0.1) is 10.1 Å². The quantitative estimate of drug-likeness (QED) is 0.0182. The van der Waals surface area contributed by atoms with Gasteiger partial charge in [-0.2, -0.15) is 0 Å². The van der Waals surface area contributed by atoms with Crippen LogP contribution in [0.5, 0.6) is 0 Å². The van der Waals surface area contributed by atoms with Crippen molar-refractivity contribution < 1.29 is 43.6 Å². The van der Waals surface area contributed by atoms with Gasteiger partial charge >= 0.3 is 0 Å². The molecule has 0 saturated heterocycles. The molecule has 0 heterocycles. The van der Waals surface area contributed by atoms with Crippen molar-refractivity contribution in [3.63, 3.8) is 0 Å². The lowest BCUT2D eigenvalue weighted by atomic mass is 10.1. The first-order valence-corrected chi connectivity index (χ1v) is 17.2. The molecule has 32 heteroatoms. The van der Waals surface area contributed by atoms with Crippen LogP contribution in [-0.4, -0.2) is 118 Å². The second kappa shape index (κ2) is 23.4. The Morgan fingerprint density at radius 2 is 0.937 bits per heavy atom. The first-order chi connectivity index (χ1) is 29.5. The zero-order valence-corrected chi connectivity index (χ0v) is 32.4. The lowest BCUT2D eigenvalue weighted by Gasteiger charge is -2.24. The van der Waals surface area contributed by atoms with Gasteiger partial charge in [0.15, 0.2) is 30.0 Å². The van der Waals surface area contributed by atoms with E-state index < -0.39 is 113 Å². The van der Waals surface area contributed by atoms with Gasteiger partial charge in [-0.05, 0) is 11.6 Å². The Bertz CT molecular complexity index is 2180. The number of para-hydroxylation sites is 1. The molecule has 7 amide bonds. The normalized spacial score (nSPS) is 13.9. The summed E-state index contributed by atoms with van der Waals surface area (Å²) in [6.45, 7) is 0. The molecule has 0 fully saturated rings. The number of nitrogens with one attached hydrogen (secondary N) is 6. The van der Waals surface area contributed by atoms with Gasteiger partial charge in [-0.3, -0.25) is 48.7 Å². The summed E-state index contributed by atoms with van der Waals surface area (Å²) in [4.78, 5) is 120. The predicted octanol–water partition coefficient (Wildman–Crippen LogP) is -10.1. The molecule has 2 aromatic carbocycles. The highest BCUT2D eigenvalue weighted by Gasteiger charge is 2.34. The number of nitro benzene ring substituents is 1. The highest BCUT2D eigenvalue weighted by molar-refractivity contribution is 5.99. The Balaban J connectivity index is 2.41. The molecule has 0 aliphatic heterocycles. The van der Waals surface area contributed by atoms with E-state index in [1.165, 1.54) is 42.5 Å². The zero-order chi connectivity index (χ0) is 47.6. The molecule has 2 rings (SSSR count). The molecule has 0 aliphatic rings. The molecular formula is C31H44N22O10. The standard InChI is InChI=1S/C31H44N22O10/c32-15(16(33)54)44-22(56)17(49-28(34)35)46-24(58)19(51-30(38)39)48-25(59)20(52-31(40)41)47-23(57)18(50-29(36)37)45-21(55)14(11-6-2-1-3-7-11)43-27(61)26(60)42-10-12-8-4-5-9-13(12)53(62)63/h1-10,14-15,17-20,26,60H,32H2,(H2,33,54)(H,43,61)(H,44,56)(H,45,55)(H,46,58)(H,47,57)(H,48,59)(H4,34,35,49)(H4,36,37,50)(H4,38,39,51)(H4,40,41,52). The maximum absolute atomic E-state index is 13.7. The van der Waals surface area contributed by atoms with E-state index in [9.17, 15) is 48.8 Å². The monoisotopic (exact) mass is 884 g/mol. The molecule has 0 saturated carbocycles. The fourth-order valence-electron chi connectivity index (χ4n) is 4.53. The summed E-state index contributed by atoms with van der Waals surface area (Å²) in [5.41, 5.74) is 53.4. The van der Waals surface area contributed by atoms with Gasteiger partial charge < -0.3 is 94.3 Å². The second-order valence-corrected chi connectivity index (χ2v) is 12.1. The number of aliphatic hydroxyl groups excluding tert-OH is 1. The molecule has 7 atom stereocenters. The highest BCUT2D eigenvalue weighted by atomic mass is 16.6. The molecule has 0 bridgehead atoms. The molecule has 32 nitrogen and oxygen atoms in total. The van der Waals surface area contributed by atoms with Gasteiger partial charge in [-0.15, -0.1) is 0 Å². The maximum atomic E-state index is 13.7. The number of benzene rings is 2. The number of amides is 7. The molecule has 0 aliphatic carbocycles. The van der Waals surface area contributed by atoms with E-state index in [0.29, 0.717) is 0 Å². The van der Waals surface area contributed by atoms with Crippen molar-refractivity contribution in [1.29, 1.82) is 0 Å². The molecule has 0 spiro atoms. The van der Waals surface area contributed by atoms with Crippen LogP contribution >= 0.6 is 0 Å². The first kappa shape index (κ1) is 49.9. The zero-order valence-electron chi connectivity index (χ0n) is 32.4. The minimum atomic E-state index is -2.22. The van der Waals surface area contributed by atoms with Crippen molar-refractivity contribution in [2.24, 2.45) is 82.3 Å². The Hall–Kier alpha value is -9.20. The summed E-state index contributed by atoms with van der Waals surface area (Å²) < 4.78 is 0. The molecular weight excluding hydrogens is 840 g/mol. The molecule has 0 aromatic heterocycles. The van der Waals surface area contributed by atoms with Crippen LogP contribution < -0.4 is 89.2 Å². The molecule has 7 unspecified atom stereocenters. The van der Waals surface area contributed by atoms with Crippen LogP contribution in [0.15, 0.2) is 79.6 Å². The fourth-order valence-corrected chi connectivity index (χ4v) is 4.53. The van der Waals surface area contributed by atoms with E-state index in [1.807, 2.05) is 21.3 Å². The number of primary amides is 1. The largest absolute Gasteiger partial charge is 0.370 e. The molecule has 338 valence electrons. The van der Waals surface area contributed by atoms with Crippen LogP contribution in [0.1, 0.15) is 17.2 Å². The summed E-state index contributed by atoms with van der Waals surface area (Å²) in [7, 11) is 0. The van der Waals surface area contributed by atoms with E-state index in [2.05, 4.69) is 35.6 Å². The third-order valence-electron chi connectivity index (χ3n) is 7.23. The van der Waals surface area contributed by atoms with Gasteiger partial charge in [0.05, 0.1) is 10.5 Å². The van der Waals surface area contributed by atoms with Crippen LogP contribution in [0.2, 0.25) is 0 Å². The van der Waals surface area contributed by atoms with Gasteiger partial charge in [-0.1, -0.05) is 42.5 Å². The number of aliphatic imine (C=N–C) groups is 5. The van der Waals surface area contributed by atoms with Crippen LogP contribution in [-0.2, 0) is 33.6 Å². The number of rotatable bonds is 21. The Morgan fingerprint density at radius 3 is 1.33 bits per heavy atom. The number of aliphatic hydroxyl groups is 1. The van der Waals surface area contributed by atoms with Crippen molar-refractivity contribution in [3.05, 3.63) is 75.8 Å². The second-order valence-electron chi connectivity index (χ2n) is 12.1. The van der Waals surface area contributed by atoms with E-state index in [4.69, 9.17) is 57.3 Å². The van der Waals surface area contributed by atoms with Crippen LogP contribution in [0.25, 0.3) is 0 Å². The number of nitrogens with two attached hydrogens (primary N) is 10. The highest BCUT2D eigenvalue weighted by Crippen LogP contribution is 2.17. The van der Waals surface area contributed by atoms with E-state index >= 15 is 0 Å². The SMILES string of the molecule is NC(=O)C(N)NC(=O)C(N=C(N)N)NC(=O)C(N=C(N)N)NC(=O)C(N=C(N)N)NC(=O)C(N=C(N)N)NC(=O)C(NC(=O)C(O)N=Cc1ccccc1[N+](=O)[O-])c1ccccc1. The molecule has 27 N–H and O–H groups in total. The average molecular weight is 885 g/mol. The van der Waals surface area contributed by atoms with E-state index in [1.54, 1.807) is 6.07 Å². The molecule has 2 aromatic rings. The van der Waals surface area contributed by atoms with Crippen LogP contribution in [0.4, 0.5) is 5.69 Å². The van der Waals surface area contributed by atoms with Gasteiger partial charge in [0.1, 0.15) is 6.04 Å². The minimum Gasteiger partial charge on any atom is -0.370 e. The van der Waals surface area contributed by atoms with Crippen molar-refractivity contribution >= 4 is 77.1 Å². The maximum Gasteiger partial charge on any atom is 0.278 e. The van der Waals surface area contributed by atoms with Crippen molar-refractivity contribution in [3.8, 4) is 0 Å². The number of carbonyl (C=O) groups is 7. The van der Waals surface area contributed by atoms with E-state index in [0.717, 1.165) is 12.3 Å². The lowest BCUT2D eigenvalue weighted by Crippen LogP contribution is -2.60. The predicted molar refractivity (Wildman–Crippen MR) is 220 cm³/mol. The summed E-state index contributed by atoms with van der Waals surface area (Å²) in [5.74, 6) is -12.5. The van der Waals surface area contributed by atoms with Crippen molar-refractivity contribution in [2.75, 3.05) is 0 Å². The average Bonchev–Trinajstić information content (AvgIpc) is 3.20. The van der Waals surface area contributed by atoms with Gasteiger partial charge in [0.25, 0.3) is 41.1 Å². The van der Waals surface area contributed by atoms with Gasteiger partial charge in [0, 0.05) is 12.3 Å². The molecule has 0 radical (unpaired) electrons. The number of nitro groups is 1. The minimum absolute atomic E-state index is 0.0645.